The summed E-state index contributed by atoms with van der Waals surface area (Å²) in [6, 6.07) is 11.5. The molecule has 2 aromatic carbocycles. The molecule has 3 rings (SSSR count). The molecule has 0 saturated carbocycles. The van der Waals surface area contributed by atoms with Crippen molar-refractivity contribution >= 4 is 28.6 Å². The molecule has 0 bridgehead atoms. The van der Waals surface area contributed by atoms with Gasteiger partial charge in [0.05, 0.1) is 10.6 Å². The van der Waals surface area contributed by atoms with E-state index >= 15 is 0 Å². The van der Waals surface area contributed by atoms with E-state index in [1.54, 1.807) is 0 Å². The summed E-state index contributed by atoms with van der Waals surface area (Å²) in [5.74, 6) is -0.688. The van der Waals surface area contributed by atoms with Gasteiger partial charge in [0, 0.05) is 13.0 Å². The second kappa shape index (κ2) is 6.15. The molecule has 112 valence electrons. The van der Waals surface area contributed by atoms with Crippen LogP contribution in [-0.4, -0.2) is 17.4 Å². The summed E-state index contributed by atoms with van der Waals surface area (Å²) in [5.41, 5.74) is 1.31. The van der Waals surface area contributed by atoms with Crippen molar-refractivity contribution in [2.24, 2.45) is 0 Å². The van der Waals surface area contributed by atoms with Crippen molar-refractivity contribution in [3.8, 4) is 0 Å². The molecule has 0 spiro atoms. The Labute approximate surface area is 130 Å². The minimum absolute atomic E-state index is 0.0827. The maximum Gasteiger partial charge on any atom is 0.255 e. The SMILES string of the molecule is O=C(NCCc1nc2ccccc2o1)c1c(F)cccc1Cl. The number of para-hydroxylation sites is 2. The highest BCUT2D eigenvalue weighted by molar-refractivity contribution is 6.33. The van der Waals surface area contributed by atoms with E-state index in [-0.39, 0.29) is 17.1 Å². The molecular formula is C16H12ClFN2O2. The third-order valence-corrected chi connectivity index (χ3v) is 3.47. The van der Waals surface area contributed by atoms with E-state index in [0.29, 0.717) is 17.9 Å². The Morgan fingerprint density at radius 1 is 1.23 bits per heavy atom. The maximum absolute atomic E-state index is 13.6. The van der Waals surface area contributed by atoms with E-state index in [1.807, 2.05) is 24.3 Å². The van der Waals surface area contributed by atoms with Crippen molar-refractivity contribution in [2.75, 3.05) is 6.54 Å². The molecule has 1 aromatic heterocycles. The molecule has 0 aliphatic rings. The highest BCUT2D eigenvalue weighted by Crippen LogP contribution is 2.19. The van der Waals surface area contributed by atoms with E-state index in [9.17, 15) is 9.18 Å². The minimum atomic E-state index is -0.646. The van der Waals surface area contributed by atoms with Crippen LogP contribution in [0.25, 0.3) is 11.1 Å². The Bertz CT molecular complexity index is 779. The van der Waals surface area contributed by atoms with Gasteiger partial charge in [0.25, 0.3) is 5.91 Å². The number of nitrogens with zero attached hydrogens (tertiary/aromatic N) is 1. The van der Waals surface area contributed by atoms with Gasteiger partial charge in [0.15, 0.2) is 11.5 Å². The van der Waals surface area contributed by atoms with Crippen LogP contribution in [0.1, 0.15) is 16.2 Å². The normalized spacial score (nSPS) is 10.8. The lowest BCUT2D eigenvalue weighted by molar-refractivity contribution is 0.0950. The first-order chi connectivity index (χ1) is 10.6. The average molecular weight is 319 g/mol. The third kappa shape index (κ3) is 2.94. The Kier molecular flexibility index (Phi) is 4.06. The molecule has 0 aliphatic carbocycles. The summed E-state index contributed by atoms with van der Waals surface area (Å²) in [6.07, 6.45) is 0.409. The number of benzene rings is 2. The van der Waals surface area contributed by atoms with Gasteiger partial charge in [-0.15, -0.1) is 0 Å². The number of halogens is 2. The number of nitrogens with one attached hydrogen (secondary N) is 1. The molecule has 0 fully saturated rings. The lowest BCUT2D eigenvalue weighted by Gasteiger charge is -2.06. The van der Waals surface area contributed by atoms with Crippen molar-refractivity contribution in [1.82, 2.24) is 10.3 Å². The predicted molar refractivity (Wildman–Crippen MR) is 81.5 cm³/mol. The molecule has 4 nitrogen and oxygen atoms in total. The third-order valence-electron chi connectivity index (χ3n) is 3.15. The Hall–Kier alpha value is -2.40. The second-order valence-corrected chi connectivity index (χ2v) is 5.09. The minimum Gasteiger partial charge on any atom is -0.441 e. The summed E-state index contributed by atoms with van der Waals surface area (Å²) in [5, 5.41) is 2.69. The van der Waals surface area contributed by atoms with Crippen molar-refractivity contribution in [2.45, 2.75) is 6.42 Å². The number of hydrogen-bond donors (Lipinski definition) is 1. The molecule has 0 aliphatic heterocycles. The molecule has 0 unspecified atom stereocenters. The number of carbonyl (C=O) groups is 1. The fourth-order valence-corrected chi connectivity index (χ4v) is 2.36. The number of rotatable bonds is 4. The van der Waals surface area contributed by atoms with Crippen LogP contribution in [0.3, 0.4) is 0 Å². The molecule has 0 radical (unpaired) electrons. The molecular weight excluding hydrogens is 307 g/mol. The Morgan fingerprint density at radius 3 is 2.82 bits per heavy atom. The summed E-state index contributed by atoms with van der Waals surface area (Å²) in [6.45, 7) is 0.274. The van der Waals surface area contributed by atoms with Gasteiger partial charge < -0.3 is 9.73 Å². The number of hydrogen-bond acceptors (Lipinski definition) is 3. The van der Waals surface area contributed by atoms with Crippen LogP contribution in [0.15, 0.2) is 46.9 Å². The van der Waals surface area contributed by atoms with E-state index in [1.165, 1.54) is 18.2 Å². The van der Waals surface area contributed by atoms with Gasteiger partial charge in [-0.3, -0.25) is 4.79 Å². The molecule has 6 heteroatoms. The molecule has 1 N–H and O–H groups in total. The van der Waals surface area contributed by atoms with E-state index in [4.69, 9.17) is 16.0 Å². The van der Waals surface area contributed by atoms with E-state index < -0.39 is 11.7 Å². The van der Waals surface area contributed by atoms with Crippen LogP contribution in [0.2, 0.25) is 5.02 Å². The molecule has 3 aromatic rings. The smallest absolute Gasteiger partial charge is 0.255 e. The molecule has 22 heavy (non-hydrogen) atoms. The van der Waals surface area contributed by atoms with Crippen LogP contribution in [0.4, 0.5) is 4.39 Å². The van der Waals surface area contributed by atoms with Gasteiger partial charge in [-0.25, -0.2) is 9.37 Å². The van der Waals surface area contributed by atoms with Gasteiger partial charge in [-0.05, 0) is 24.3 Å². The van der Waals surface area contributed by atoms with Gasteiger partial charge in [-0.2, -0.15) is 0 Å². The zero-order valence-electron chi connectivity index (χ0n) is 11.5. The van der Waals surface area contributed by atoms with E-state index in [0.717, 1.165) is 5.52 Å². The highest BCUT2D eigenvalue weighted by atomic mass is 35.5. The van der Waals surface area contributed by atoms with Gasteiger partial charge >= 0.3 is 0 Å². The summed E-state index contributed by atoms with van der Waals surface area (Å²) < 4.78 is 19.2. The average Bonchev–Trinajstić information content (AvgIpc) is 2.89. The summed E-state index contributed by atoms with van der Waals surface area (Å²) in [4.78, 5) is 16.3. The lowest BCUT2D eigenvalue weighted by atomic mass is 10.2. The van der Waals surface area contributed by atoms with Gasteiger partial charge in [0.1, 0.15) is 11.3 Å². The van der Waals surface area contributed by atoms with Crippen LogP contribution < -0.4 is 5.32 Å². The van der Waals surface area contributed by atoms with Gasteiger partial charge in [-0.1, -0.05) is 29.8 Å². The van der Waals surface area contributed by atoms with Crippen molar-refractivity contribution in [3.05, 3.63) is 64.8 Å². The first kappa shape index (κ1) is 14.5. The zero-order chi connectivity index (χ0) is 15.5. The lowest BCUT2D eigenvalue weighted by Crippen LogP contribution is -2.27. The highest BCUT2D eigenvalue weighted by Gasteiger charge is 2.15. The standard InChI is InChI=1S/C16H12ClFN2O2/c17-10-4-3-5-11(18)15(10)16(21)19-9-8-14-20-12-6-1-2-7-13(12)22-14/h1-7H,8-9H2,(H,19,21). The number of carbonyl (C=O) groups excluding carboxylic acids is 1. The van der Waals surface area contributed by atoms with Crippen LogP contribution in [-0.2, 0) is 6.42 Å². The summed E-state index contributed by atoms with van der Waals surface area (Å²) in [7, 11) is 0. The Balaban J connectivity index is 1.64. The van der Waals surface area contributed by atoms with Crippen LogP contribution in [0, 0.1) is 5.82 Å². The first-order valence-corrected chi connectivity index (χ1v) is 7.09. The monoisotopic (exact) mass is 318 g/mol. The van der Waals surface area contributed by atoms with Gasteiger partial charge in [0.2, 0.25) is 0 Å². The van der Waals surface area contributed by atoms with Crippen molar-refractivity contribution in [1.29, 1.82) is 0 Å². The number of oxazole rings is 1. The number of fused-ring (bicyclic) bond motifs is 1. The van der Waals surface area contributed by atoms with E-state index in [2.05, 4.69) is 10.3 Å². The molecule has 0 atom stereocenters. The first-order valence-electron chi connectivity index (χ1n) is 6.72. The van der Waals surface area contributed by atoms with Crippen LogP contribution >= 0.6 is 11.6 Å². The fraction of sp³-hybridized carbons (Fsp3) is 0.125. The molecule has 0 saturated heterocycles. The maximum atomic E-state index is 13.6. The van der Waals surface area contributed by atoms with Crippen molar-refractivity contribution in [3.63, 3.8) is 0 Å². The largest absolute Gasteiger partial charge is 0.441 e. The molecule has 1 amide bonds. The quantitative estimate of drug-likeness (QED) is 0.799. The topological polar surface area (TPSA) is 55.1 Å². The molecule has 1 heterocycles. The summed E-state index contributed by atoms with van der Waals surface area (Å²) >= 11 is 5.84. The second-order valence-electron chi connectivity index (χ2n) is 4.68. The zero-order valence-corrected chi connectivity index (χ0v) is 12.2. The number of amides is 1. The predicted octanol–water partition coefficient (Wildman–Crippen LogP) is 3.59. The fourth-order valence-electron chi connectivity index (χ4n) is 2.11. The number of aromatic nitrogens is 1. The Morgan fingerprint density at radius 2 is 2.05 bits per heavy atom. The van der Waals surface area contributed by atoms with Crippen LogP contribution in [0.5, 0.6) is 0 Å². The van der Waals surface area contributed by atoms with Crippen molar-refractivity contribution < 1.29 is 13.6 Å².